The Morgan fingerprint density at radius 2 is 1.64 bits per heavy atom. The average molecular weight is 580 g/mol. The van der Waals surface area contributed by atoms with E-state index >= 15 is 0 Å². The van der Waals surface area contributed by atoms with Crippen molar-refractivity contribution in [2.75, 3.05) is 29.8 Å². The molecule has 3 amide bonds. The first-order valence-corrected chi connectivity index (χ1v) is 11.8. The third-order valence-corrected chi connectivity index (χ3v) is 6.26. The van der Waals surface area contributed by atoms with Crippen molar-refractivity contribution in [3.63, 3.8) is 0 Å². The van der Waals surface area contributed by atoms with Gasteiger partial charge in [-0.1, -0.05) is 29.3 Å². The maximum Gasteiger partial charge on any atom is 0.417 e. The van der Waals surface area contributed by atoms with Gasteiger partial charge in [-0.05, 0) is 48.5 Å². The van der Waals surface area contributed by atoms with Gasteiger partial charge in [-0.25, -0.2) is 4.90 Å². The van der Waals surface area contributed by atoms with Gasteiger partial charge in [0.2, 0.25) is 0 Å². The van der Waals surface area contributed by atoms with Gasteiger partial charge in [0.05, 0.1) is 30.5 Å². The highest BCUT2D eigenvalue weighted by molar-refractivity contribution is 6.53. The Balaban J connectivity index is 1.56. The average Bonchev–Trinajstić information content (AvgIpc) is 3.11. The fourth-order valence-corrected chi connectivity index (χ4v) is 4.15. The molecular weight excluding hydrogens is 562 g/mol. The molecule has 1 heterocycles. The minimum Gasteiger partial charge on any atom is -0.497 e. The van der Waals surface area contributed by atoms with Crippen molar-refractivity contribution >= 4 is 58.0 Å². The van der Waals surface area contributed by atoms with Crippen LogP contribution in [0.1, 0.15) is 15.9 Å². The fraction of sp³-hybridized carbons (Fsp3) is 0.115. The summed E-state index contributed by atoms with van der Waals surface area (Å²) in [5.74, 6) is -1.74. The van der Waals surface area contributed by atoms with Gasteiger partial charge in [0, 0.05) is 23.0 Å². The van der Waals surface area contributed by atoms with Crippen molar-refractivity contribution in [3.8, 4) is 11.5 Å². The number of nitrogens with zero attached hydrogens (tertiary/aromatic N) is 1. The largest absolute Gasteiger partial charge is 0.497 e. The van der Waals surface area contributed by atoms with Gasteiger partial charge in [-0.2, -0.15) is 13.2 Å². The molecule has 1 aliphatic rings. The first-order valence-electron chi connectivity index (χ1n) is 11.0. The van der Waals surface area contributed by atoms with Gasteiger partial charge in [-0.3, -0.25) is 14.4 Å². The summed E-state index contributed by atoms with van der Waals surface area (Å²) >= 11 is 11.8. The molecule has 0 aliphatic carbocycles. The van der Waals surface area contributed by atoms with Gasteiger partial charge < -0.3 is 20.1 Å². The number of benzene rings is 3. The summed E-state index contributed by atoms with van der Waals surface area (Å²) in [6, 6.07) is 13.2. The number of methoxy groups -OCH3 is 2. The highest BCUT2D eigenvalue weighted by Crippen LogP contribution is 2.38. The van der Waals surface area contributed by atoms with Crippen LogP contribution in [0.4, 0.5) is 30.2 Å². The van der Waals surface area contributed by atoms with E-state index in [1.165, 1.54) is 56.7 Å². The van der Waals surface area contributed by atoms with Crippen molar-refractivity contribution in [2.45, 2.75) is 6.18 Å². The van der Waals surface area contributed by atoms with Crippen LogP contribution in [-0.2, 0) is 15.8 Å². The van der Waals surface area contributed by atoms with E-state index in [0.29, 0.717) is 5.75 Å². The van der Waals surface area contributed by atoms with Gasteiger partial charge in [-0.15, -0.1) is 0 Å². The third-order valence-electron chi connectivity index (χ3n) is 5.58. The molecule has 0 unspecified atom stereocenters. The second kappa shape index (κ2) is 10.9. The molecule has 0 atom stereocenters. The molecule has 0 radical (unpaired) electrons. The maximum atomic E-state index is 13.2. The van der Waals surface area contributed by atoms with Crippen LogP contribution in [0.15, 0.2) is 71.4 Å². The number of carbonyl (C=O) groups is 3. The lowest BCUT2D eigenvalue weighted by molar-refractivity contribution is -0.137. The van der Waals surface area contributed by atoms with Gasteiger partial charge in [0.1, 0.15) is 22.2 Å². The number of imide groups is 1. The number of anilines is 3. The molecular formula is C26H18Cl2F3N3O5. The lowest BCUT2D eigenvalue weighted by Crippen LogP contribution is -2.32. The first kappa shape index (κ1) is 27.8. The summed E-state index contributed by atoms with van der Waals surface area (Å²) in [5, 5.41) is 4.22. The minimum atomic E-state index is -4.71. The Hall–Kier alpha value is -4.22. The molecule has 0 spiro atoms. The number of rotatable bonds is 7. The van der Waals surface area contributed by atoms with Crippen molar-refractivity contribution < 1.29 is 37.0 Å². The van der Waals surface area contributed by atoms with Crippen LogP contribution >= 0.6 is 23.2 Å². The lowest BCUT2D eigenvalue weighted by Gasteiger charge is -2.19. The fourth-order valence-electron chi connectivity index (χ4n) is 3.71. The second-order valence-electron chi connectivity index (χ2n) is 8.02. The summed E-state index contributed by atoms with van der Waals surface area (Å²) < 4.78 is 49.9. The Labute approximate surface area is 229 Å². The molecule has 3 aromatic rings. The molecule has 1 aliphatic heterocycles. The van der Waals surface area contributed by atoms with Crippen LogP contribution in [0.2, 0.25) is 5.02 Å². The van der Waals surface area contributed by atoms with Crippen molar-refractivity contribution in [2.24, 2.45) is 0 Å². The van der Waals surface area contributed by atoms with Gasteiger partial charge in [0.15, 0.2) is 0 Å². The highest BCUT2D eigenvalue weighted by atomic mass is 35.5. The number of amides is 3. The lowest BCUT2D eigenvalue weighted by atomic mass is 10.1. The van der Waals surface area contributed by atoms with E-state index in [1.54, 1.807) is 6.07 Å². The summed E-state index contributed by atoms with van der Waals surface area (Å²) in [7, 11) is 2.79. The summed E-state index contributed by atoms with van der Waals surface area (Å²) in [6.07, 6.45) is -4.71. The van der Waals surface area contributed by atoms with Gasteiger partial charge in [0.25, 0.3) is 17.7 Å². The molecule has 2 N–H and O–H groups in total. The van der Waals surface area contributed by atoms with Crippen molar-refractivity contribution in [3.05, 3.63) is 87.5 Å². The Morgan fingerprint density at radius 3 is 2.31 bits per heavy atom. The first-order chi connectivity index (χ1) is 18.4. The zero-order chi connectivity index (χ0) is 28.5. The number of hydrogen-bond donors (Lipinski definition) is 2. The molecule has 202 valence electrons. The van der Waals surface area contributed by atoms with Crippen LogP contribution < -0.4 is 25.0 Å². The topological polar surface area (TPSA) is 97.0 Å². The molecule has 4 rings (SSSR count). The summed E-state index contributed by atoms with van der Waals surface area (Å²) in [6.45, 7) is 0. The van der Waals surface area contributed by atoms with E-state index in [-0.39, 0.29) is 34.1 Å². The second-order valence-corrected chi connectivity index (χ2v) is 8.81. The number of ether oxygens (including phenoxy) is 2. The van der Waals surface area contributed by atoms with Crippen molar-refractivity contribution in [1.29, 1.82) is 0 Å². The molecule has 13 heteroatoms. The Bertz CT molecular complexity index is 1520. The summed E-state index contributed by atoms with van der Waals surface area (Å²) in [4.78, 5) is 39.7. The zero-order valence-corrected chi connectivity index (χ0v) is 21.7. The Morgan fingerprint density at radius 1 is 0.897 bits per heavy atom. The molecule has 0 bridgehead atoms. The number of hydrogen-bond acceptors (Lipinski definition) is 6. The number of carbonyl (C=O) groups excluding carboxylic acids is 3. The molecule has 3 aromatic carbocycles. The quantitative estimate of drug-likeness (QED) is 0.330. The predicted molar refractivity (Wildman–Crippen MR) is 139 cm³/mol. The van der Waals surface area contributed by atoms with Crippen molar-refractivity contribution in [1.82, 2.24) is 0 Å². The number of alkyl halides is 3. The maximum absolute atomic E-state index is 13.2. The van der Waals surface area contributed by atoms with Crippen LogP contribution in [0.5, 0.6) is 11.5 Å². The zero-order valence-electron chi connectivity index (χ0n) is 20.2. The van der Waals surface area contributed by atoms with E-state index in [4.69, 9.17) is 32.7 Å². The molecule has 0 fully saturated rings. The number of halogens is 5. The highest BCUT2D eigenvalue weighted by Gasteiger charge is 2.40. The smallest absolute Gasteiger partial charge is 0.417 e. The standard InChI is InChI=1S/C26H18Cl2F3N3O5/c1-38-16-7-9-20(39-2)19(12-16)34-24(36)21(28)22(25(34)37)32-14-5-3-4-13(10-14)23(35)33-15-6-8-18(27)17(11-15)26(29,30)31/h3-12,32H,1-2H3,(H,33,35). The molecule has 8 nitrogen and oxygen atoms in total. The molecule has 0 aromatic heterocycles. The predicted octanol–water partition coefficient (Wildman–Crippen LogP) is 6.06. The SMILES string of the molecule is COc1ccc(OC)c(N2C(=O)C(Cl)=C(Nc3cccc(C(=O)Nc4ccc(Cl)c(C(F)(F)F)c4)c3)C2=O)c1. The molecule has 0 saturated heterocycles. The molecule has 0 saturated carbocycles. The van der Waals surface area contributed by atoms with Crippen LogP contribution in [-0.4, -0.2) is 31.9 Å². The van der Waals surface area contributed by atoms with E-state index < -0.39 is 39.5 Å². The monoisotopic (exact) mass is 579 g/mol. The molecule has 39 heavy (non-hydrogen) atoms. The Kier molecular flexibility index (Phi) is 7.75. The van der Waals surface area contributed by atoms with Crippen LogP contribution in [0, 0.1) is 0 Å². The van der Waals surface area contributed by atoms with E-state index in [2.05, 4.69) is 10.6 Å². The van der Waals surface area contributed by atoms with E-state index in [9.17, 15) is 27.6 Å². The van der Waals surface area contributed by atoms with E-state index in [0.717, 1.165) is 17.0 Å². The van der Waals surface area contributed by atoms with Crippen LogP contribution in [0.25, 0.3) is 0 Å². The minimum absolute atomic E-state index is 0.0447. The third kappa shape index (κ3) is 5.64. The summed E-state index contributed by atoms with van der Waals surface area (Å²) in [5.41, 5.74) is -1.11. The van der Waals surface area contributed by atoms with E-state index in [1.807, 2.05) is 0 Å². The van der Waals surface area contributed by atoms with Gasteiger partial charge >= 0.3 is 6.18 Å². The number of nitrogens with one attached hydrogen (secondary N) is 2. The normalized spacial score (nSPS) is 13.6. The van der Waals surface area contributed by atoms with Crippen LogP contribution in [0.3, 0.4) is 0 Å².